The van der Waals surface area contributed by atoms with Crippen LogP contribution in [0.4, 0.5) is 0 Å². The number of hydrogen-bond acceptors (Lipinski definition) is 0. The van der Waals surface area contributed by atoms with E-state index in [9.17, 15) is 0 Å². The van der Waals surface area contributed by atoms with Crippen molar-refractivity contribution in [1.82, 2.24) is 0 Å². The van der Waals surface area contributed by atoms with Crippen molar-refractivity contribution in [3.8, 4) is 0 Å². The van der Waals surface area contributed by atoms with E-state index in [1.165, 1.54) is 25.7 Å². The largest absolute Gasteiger partial charge is 0.0885 e. The van der Waals surface area contributed by atoms with E-state index in [4.69, 9.17) is 0 Å². The van der Waals surface area contributed by atoms with Gasteiger partial charge in [0.2, 0.25) is 0 Å². The molecule has 1 rings (SSSR count). The molecule has 0 aliphatic heterocycles. The van der Waals surface area contributed by atoms with Crippen molar-refractivity contribution in [2.75, 3.05) is 0 Å². The van der Waals surface area contributed by atoms with Crippen LogP contribution in [-0.2, 0) is 0 Å². The van der Waals surface area contributed by atoms with Crippen molar-refractivity contribution in [1.29, 1.82) is 0 Å². The molecule has 0 heteroatoms. The van der Waals surface area contributed by atoms with Crippen LogP contribution < -0.4 is 0 Å². The molecular weight excluding hydrogens is 108 g/mol. The second kappa shape index (κ2) is 2.55. The van der Waals surface area contributed by atoms with Gasteiger partial charge in [-0.15, -0.1) is 0 Å². The van der Waals surface area contributed by atoms with E-state index < -0.39 is 0 Å². The summed E-state index contributed by atoms with van der Waals surface area (Å²) in [6.07, 6.45) is 9.94. The fraction of sp³-hybridized carbons (Fsp3) is 0.778. The SMILES string of the molecule is CC[C@]1(C)CC=CCC1. The molecule has 52 valence electrons. The highest BCUT2D eigenvalue weighted by Gasteiger charge is 2.21. The van der Waals surface area contributed by atoms with Crippen molar-refractivity contribution in [2.45, 2.75) is 39.5 Å². The summed E-state index contributed by atoms with van der Waals surface area (Å²) < 4.78 is 0. The lowest BCUT2D eigenvalue weighted by atomic mass is 9.77. The fourth-order valence-corrected chi connectivity index (χ4v) is 1.34. The Morgan fingerprint density at radius 3 is 2.56 bits per heavy atom. The van der Waals surface area contributed by atoms with Gasteiger partial charge in [-0.1, -0.05) is 32.4 Å². The topological polar surface area (TPSA) is 0 Å². The van der Waals surface area contributed by atoms with Gasteiger partial charge in [0, 0.05) is 0 Å². The summed E-state index contributed by atoms with van der Waals surface area (Å²) in [6, 6.07) is 0. The molecule has 0 aromatic rings. The summed E-state index contributed by atoms with van der Waals surface area (Å²) in [5.41, 5.74) is 0.634. The Bertz CT molecular complexity index is 113. The monoisotopic (exact) mass is 124 g/mol. The van der Waals surface area contributed by atoms with Gasteiger partial charge in [-0.05, 0) is 24.7 Å². The maximum Gasteiger partial charge on any atom is -0.0291 e. The molecule has 1 aliphatic rings. The molecule has 0 heterocycles. The molecule has 0 spiro atoms. The number of hydrogen-bond donors (Lipinski definition) is 0. The van der Waals surface area contributed by atoms with Crippen LogP contribution in [0.3, 0.4) is 0 Å². The second-order valence-corrected chi connectivity index (χ2v) is 3.38. The predicted octanol–water partition coefficient (Wildman–Crippen LogP) is 3.14. The minimum Gasteiger partial charge on any atom is -0.0885 e. The lowest BCUT2D eigenvalue weighted by molar-refractivity contribution is 0.281. The first-order valence-corrected chi connectivity index (χ1v) is 3.92. The molecule has 9 heavy (non-hydrogen) atoms. The molecule has 0 radical (unpaired) electrons. The Kier molecular flexibility index (Phi) is 1.94. The van der Waals surface area contributed by atoms with Gasteiger partial charge in [-0.2, -0.15) is 0 Å². The van der Waals surface area contributed by atoms with Gasteiger partial charge in [0.1, 0.15) is 0 Å². The van der Waals surface area contributed by atoms with Gasteiger partial charge in [0.15, 0.2) is 0 Å². The lowest BCUT2D eigenvalue weighted by Crippen LogP contribution is -2.15. The lowest BCUT2D eigenvalue weighted by Gasteiger charge is -2.28. The van der Waals surface area contributed by atoms with Gasteiger partial charge < -0.3 is 0 Å². The summed E-state index contributed by atoms with van der Waals surface area (Å²) in [4.78, 5) is 0. The van der Waals surface area contributed by atoms with Crippen LogP contribution in [0, 0.1) is 5.41 Å². The minimum atomic E-state index is 0.634. The van der Waals surface area contributed by atoms with Crippen LogP contribution in [0.1, 0.15) is 39.5 Å². The van der Waals surface area contributed by atoms with Crippen molar-refractivity contribution in [3.05, 3.63) is 12.2 Å². The first kappa shape index (κ1) is 6.85. The molecule has 0 fully saturated rings. The first-order valence-electron chi connectivity index (χ1n) is 3.92. The Labute approximate surface area is 58.0 Å². The Morgan fingerprint density at radius 1 is 1.44 bits per heavy atom. The summed E-state index contributed by atoms with van der Waals surface area (Å²) in [5, 5.41) is 0. The van der Waals surface area contributed by atoms with Gasteiger partial charge in [0.05, 0.1) is 0 Å². The third-order valence-corrected chi connectivity index (χ3v) is 2.55. The summed E-state index contributed by atoms with van der Waals surface area (Å²) in [6.45, 7) is 4.68. The third-order valence-electron chi connectivity index (χ3n) is 2.55. The maximum absolute atomic E-state index is 2.39. The Hall–Kier alpha value is -0.260. The van der Waals surface area contributed by atoms with Gasteiger partial charge >= 0.3 is 0 Å². The van der Waals surface area contributed by atoms with Crippen LogP contribution >= 0.6 is 0 Å². The quantitative estimate of drug-likeness (QED) is 0.471. The first-order chi connectivity index (χ1) is 4.27. The highest BCUT2D eigenvalue weighted by atomic mass is 14.3. The molecular formula is C9H16. The van der Waals surface area contributed by atoms with Crippen LogP contribution in [-0.4, -0.2) is 0 Å². The highest BCUT2D eigenvalue weighted by molar-refractivity contribution is 4.95. The van der Waals surface area contributed by atoms with E-state index in [2.05, 4.69) is 26.0 Å². The highest BCUT2D eigenvalue weighted by Crippen LogP contribution is 2.34. The van der Waals surface area contributed by atoms with Crippen molar-refractivity contribution < 1.29 is 0 Å². The summed E-state index contributed by atoms with van der Waals surface area (Å²) in [7, 11) is 0. The smallest absolute Gasteiger partial charge is 0.0291 e. The van der Waals surface area contributed by atoms with Crippen molar-refractivity contribution in [3.63, 3.8) is 0 Å². The molecule has 0 amide bonds. The van der Waals surface area contributed by atoms with E-state index >= 15 is 0 Å². The zero-order valence-electron chi connectivity index (χ0n) is 6.48. The van der Waals surface area contributed by atoms with Crippen LogP contribution in [0.2, 0.25) is 0 Å². The van der Waals surface area contributed by atoms with Gasteiger partial charge in [-0.25, -0.2) is 0 Å². The average molecular weight is 124 g/mol. The van der Waals surface area contributed by atoms with E-state index in [-0.39, 0.29) is 0 Å². The van der Waals surface area contributed by atoms with Gasteiger partial charge in [0.25, 0.3) is 0 Å². The zero-order chi connectivity index (χ0) is 6.74. The molecule has 0 unspecified atom stereocenters. The third kappa shape index (κ3) is 1.57. The van der Waals surface area contributed by atoms with Crippen molar-refractivity contribution in [2.24, 2.45) is 5.41 Å². The van der Waals surface area contributed by atoms with E-state index in [0.717, 1.165) is 0 Å². The maximum atomic E-state index is 2.39. The molecule has 1 aliphatic carbocycles. The minimum absolute atomic E-state index is 0.634. The summed E-state index contributed by atoms with van der Waals surface area (Å²) in [5.74, 6) is 0. The van der Waals surface area contributed by atoms with E-state index in [0.29, 0.717) is 5.41 Å². The van der Waals surface area contributed by atoms with Crippen molar-refractivity contribution >= 4 is 0 Å². The standard InChI is InChI=1S/C9H16/c1-3-9(2)7-5-4-6-8-9/h4-5H,3,6-8H2,1-2H3/t9-/m1/s1. The Balaban J connectivity index is 2.50. The second-order valence-electron chi connectivity index (χ2n) is 3.38. The number of rotatable bonds is 1. The number of allylic oxidation sites excluding steroid dienone is 2. The van der Waals surface area contributed by atoms with E-state index in [1.807, 2.05) is 0 Å². The molecule has 0 saturated carbocycles. The van der Waals surface area contributed by atoms with E-state index in [1.54, 1.807) is 0 Å². The fourth-order valence-electron chi connectivity index (χ4n) is 1.34. The molecule has 0 saturated heterocycles. The Morgan fingerprint density at radius 2 is 2.22 bits per heavy atom. The van der Waals surface area contributed by atoms with Crippen LogP contribution in [0.15, 0.2) is 12.2 Å². The molecule has 0 bridgehead atoms. The molecule has 0 N–H and O–H groups in total. The zero-order valence-corrected chi connectivity index (χ0v) is 6.48. The molecule has 0 aromatic carbocycles. The molecule has 0 aromatic heterocycles. The van der Waals surface area contributed by atoms with Crippen LogP contribution in [0.25, 0.3) is 0 Å². The van der Waals surface area contributed by atoms with Crippen LogP contribution in [0.5, 0.6) is 0 Å². The molecule has 0 nitrogen and oxygen atoms in total. The molecule has 1 atom stereocenters. The average Bonchev–Trinajstić information content (AvgIpc) is 1.90. The predicted molar refractivity (Wildman–Crippen MR) is 41.4 cm³/mol. The normalized spacial score (nSPS) is 34.9. The summed E-state index contributed by atoms with van der Waals surface area (Å²) >= 11 is 0. The van der Waals surface area contributed by atoms with Gasteiger partial charge in [-0.3, -0.25) is 0 Å².